The summed E-state index contributed by atoms with van der Waals surface area (Å²) >= 11 is 0. The normalized spacial score (nSPS) is 11.6. The van der Waals surface area contributed by atoms with Crippen LogP contribution in [0.15, 0.2) is 53.6 Å². The Hall–Kier alpha value is -3.76. The lowest BCUT2D eigenvalue weighted by Gasteiger charge is -2.08. The number of nitrogens with one attached hydrogen (secondary N) is 2. The van der Waals surface area contributed by atoms with E-state index in [0.717, 1.165) is 0 Å². The van der Waals surface area contributed by atoms with Gasteiger partial charge in [0.15, 0.2) is 0 Å². The summed E-state index contributed by atoms with van der Waals surface area (Å²) in [4.78, 5) is 32.9. The summed E-state index contributed by atoms with van der Waals surface area (Å²) in [7, 11) is 0. The molecule has 146 valence electrons. The highest BCUT2D eigenvalue weighted by atomic mass is 19.4. The minimum Gasteiger partial charge on any atom is -0.318 e. The number of nitrogens with zero attached hydrogens (tertiary/aromatic N) is 2. The number of alkyl halides is 3. The number of rotatable bonds is 5. The highest BCUT2D eigenvalue weighted by Crippen LogP contribution is 2.18. The number of benzene rings is 2. The van der Waals surface area contributed by atoms with Gasteiger partial charge in [-0.1, -0.05) is 12.1 Å². The Kier molecular flexibility index (Phi) is 6.08. The van der Waals surface area contributed by atoms with E-state index in [-0.39, 0.29) is 16.9 Å². The second-order valence-electron chi connectivity index (χ2n) is 5.47. The summed E-state index contributed by atoms with van der Waals surface area (Å²) in [5, 5.41) is 16.2. The van der Waals surface area contributed by atoms with Crippen LogP contribution in [0, 0.1) is 10.1 Å². The van der Waals surface area contributed by atoms with E-state index in [1.54, 1.807) is 12.2 Å². The van der Waals surface area contributed by atoms with Gasteiger partial charge in [0.25, 0.3) is 11.6 Å². The van der Waals surface area contributed by atoms with Gasteiger partial charge in [0.2, 0.25) is 0 Å². The summed E-state index contributed by atoms with van der Waals surface area (Å²) < 4.78 is 36.6. The van der Waals surface area contributed by atoms with Gasteiger partial charge in [-0.3, -0.25) is 19.7 Å². The van der Waals surface area contributed by atoms with Crippen LogP contribution >= 0.6 is 0 Å². The van der Waals surface area contributed by atoms with Gasteiger partial charge in [-0.25, -0.2) is 5.43 Å². The van der Waals surface area contributed by atoms with Gasteiger partial charge in [-0.05, 0) is 36.8 Å². The number of halogens is 3. The fraction of sp³-hybridized carbons (Fsp3) is 0.118. The highest BCUT2D eigenvalue weighted by molar-refractivity contribution is 6.01. The minimum absolute atomic E-state index is 0.0474. The number of hydrogen-bond donors (Lipinski definition) is 2. The molecule has 11 heteroatoms. The molecule has 2 aromatic rings. The van der Waals surface area contributed by atoms with E-state index in [0.29, 0.717) is 11.3 Å². The van der Waals surface area contributed by atoms with Gasteiger partial charge >= 0.3 is 12.1 Å². The molecule has 0 aliphatic carbocycles. The monoisotopic (exact) mass is 394 g/mol. The van der Waals surface area contributed by atoms with Crippen LogP contribution in [0.3, 0.4) is 0 Å². The van der Waals surface area contributed by atoms with Gasteiger partial charge in [-0.2, -0.15) is 18.3 Å². The molecule has 0 heterocycles. The fourth-order valence-electron chi connectivity index (χ4n) is 1.99. The molecular formula is C17H13F3N4O4. The third kappa shape index (κ3) is 5.37. The second kappa shape index (κ2) is 8.29. The Morgan fingerprint density at radius 3 is 2.04 bits per heavy atom. The Morgan fingerprint density at radius 1 is 1.00 bits per heavy atom. The molecule has 0 saturated heterocycles. The number of carbonyl (C=O) groups is 2. The third-order valence-corrected chi connectivity index (χ3v) is 3.48. The van der Waals surface area contributed by atoms with Crippen molar-refractivity contribution in [2.75, 3.05) is 5.32 Å². The number of hydrazone groups is 1. The van der Waals surface area contributed by atoms with Crippen LogP contribution < -0.4 is 10.7 Å². The summed E-state index contributed by atoms with van der Waals surface area (Å²) in [6, 6.07) is 10.3. The molecule has 0 aromatic heterocycles. The van der Waals surface area contributed by atoms with Crippen molar-refractivity contribution in [3.8, 4) is 0 Å². The molecule has 0 unspecified atom stereocenters. The van der Waals surface area contributed by atoms with Crippen LogP contribution in [-0.2, 0) is 4.79 Å². The van der Waals surface area contributed by atoms with Crippen LogP contribution in [0.4, 0.5) is 24.5 Å². The first kappa shape index (κ1) is 20.6. The molecular weight excluding hydrogens is 381 g/mol. The van der Waals surface area contributed by atoms with E-state index < -0.39 is 22.9 Å². The topological polar surface area (TPSA) is 114 Å². The maximum Gasteiger partial charge on any atom is 0.471 e. The number of nitro groups is 1. The molecule has 2 rings (SSSR count). The van der Waals surface area contributed by atoms with Crippen molar-refractivity contribution < 1.29 is 27.7 Å². The molecule has 2 aromatic carbocycles. The molecule has 0 atom stereocenters. The second-order valence-corrected chi connectivity index (χ2v) is 5.47. The van der Waals surface area contributed by atoms with Crippen molar-refractivity contribution in [1.82, 2.24) is 5.43 Å². The molecule has 2 N–H and O–H groups in total. The molecule has 8 nitrogen and oxygen atoms in total. The first-order chi connectivity index (χ1) is 13.1. The van der Waals surface area contributed by atoms with Crippen molar-refractivity contribution in [3.05, 3.63) is 69.8 Å². The quantitative estimate of drug-likeness (QED) is 0.460. The van der Waals surface area contributed by atoms with Crippen molar-refractivity contribution in [2.24, 2.45) is 5.10 Å². The average molecular weight is 394 g/mol. The fourth-order valence-corrected chi connectivity index (χ4v) is 1.99. The third-order valence-electron chi connectivity index (χ3n) is 3.48. The Morgan fingerprint density at radius 2 is 1.54 bits per heavy atom. The summed E-state index contributed by atoms with van der Waals surface area (Å²) in [5.74, 6) is -2.68. The number of hydrogen-bond acceptors (Lipinski definition) is 5. The number of amides is 2. The first-order valence-corrected chi connectivity index (χ1v) is 7.65. The molecule has 2 amide bonds. The van der Waals surface area contributed by atoms with E-state index in [1.807, 2.05) is 0 Å². The first-order valence-electron chi connectivity index (χ1n) is 7.65. The number of non-ortho nitro benzene ring substituents is 1. The smallest absolute Gasteiger partial charge is 0.318 e. The van der Waals surface area contributed by atoms with Crippen LogP contribution in [0.5, 0.6) is 0 Å². The molecule has 0 saturated carbocycles. The maximum absolute atomic E-state index is 12.2. The van der Waals surface area contributed by atoms with E-state index >= 15 is 0 Å². The summed E-state index contributed by atoms with van der Waals surface area (Å²) in [6.07, 6.45) is -4.99. The molecule has 0 bridgehead atoms. The Labute approximate surface area is 156 Å². The number of carbonyl (C=O) groups excluding carboxylic acids is 2. The lowest BCUT2D eigenvalue weighted by molar-refractivity contribution is -0.384. The van der Waals surface area contributed by atoms with Gasteiger partial charge < -0.3 is 5.32 Å². The lowest BCUT2D eigenvalue weighted by atomic mass is 10.1. The maximum atomic E-state index is 12.2. The van der Waals surface area contributed by atoms with E-state index in [1.165, 1.54) is 48.5 Å². The van der Waals surface area contributed by atoms with E-state index in [9.17, 15) is 32.9 Å². The van der Waals surface area contributed by atoms with Crippen molar-refractivity contribution in [1.29, 1.82) is 0 Å². The zero-order chi connectivity index (χ0) is 20.9. The van der Waals surface area contributed by atoms with Crippen LogP contribution in [-0.4, -0.2) is 28.6 Å². The van der Waals surface area contributed by atoms with Crippen LogP contribution in [0.2, 0.25) is 0 Å². The molecule has 28 heavy (non-hydrogen) atoms. The number of nitro benzene ring substituents is 1. The molecule has 0 fully saturated rings. The zero-order valence-electron chi connectivity index (χ0n) is 14.3. The standard InChI is InChI=1S/C17H13F3N4O4/c1-10(11-2-6-13(7-3-11)21-16(26)17(18,19)20)22-23-15(25)12-4-8-14(9-5-12)24(27)28/h2-9H,1H3,(H,21,26)(H,23,25)/b22-10-. The highest BCUT2D eigenvalue weighted by Gasteiger charge is 2.38. The SMILES string of the molecule is C/C(=N/NC(=O)c1ccc([N+](=O)[O-])cc1)c1ccc(NC(=O)C(F)(F)F)cc1. The minimum atomic E-state index is -4.99. The van der Waals surface area contributed by atoms with E-state index in [4.69, 9.17) is 0 Å². The molecule has 0 aliphatic rings. The molecule has 0 spiro atoms. The summed E-state index contributed by atoms with van der Waals surface area (Å²) in [6.45, 7) is 1.55. The van der Waals surface area contributed by atoms with Crippen molar-refractivity contribution >= 4 is 28.9 Å². The number of anilines is 1. The van der Waals surface area contributed by atoms with Gasteiger partial charge in [0.05, 0.1) is 10.6 Å². The summed E-state index contributed by atoms with van der Waals surface area (Å²) in [5.41, 5.74) is 3.07. The van der Waals surface area contributed by atoms with Crippen molar-refractivity contribution in [3.63, 3.8) is 0 Å². The van der Waals surface area contributed by atoms with Crippen LogP contribution in [0.1, 0.15) is 22.8 Å². The largest absolute Gasteiger partial charge is 0.471 e. The average Bonchev–Trinajstić information content (AvgIpc) is 2.65. The zero-order valence-corrected chi connectivity index (χ0v) is 14.3. The van der Waals surface area contributed by atoms with Gasteiger partial charge in [0, 0.05) is 23.4 Å². The lowest BCUT2D eigenvalue weighted by Crippen LogP contribution is -2.29. The molecule has 0 aliphatic heterocycles. The predicted octanol–water partition coefficient (Wildman–Crippen LogP) is 3.25. The van der Waals surface area contributed by atoms with Crippen molar-refractivity contribution in [2.45, 2.75) is 13.1 Å². The predicted molar refractivity (Wildman–Crippen MR) is 93.9 cm³/mol. The van der Waals surface area contributed by atoms with Gasteiger partial charge in [-0.15, -0.1) is 0 Å². The Bertz CT molecular complexity index is 923. The Balaban J connectivity index is 2.01. The van der Waals surface area contributed by atoms with E-state index in [2.05, 4.69) is 10.5 Å². The van der Waals surface area contributed by atoms with Crippen LogP contribution in [0.25, 0.3) is 0 Å². The molecule has 0 radical (unpaired) electrons. The van der Waals surface area contributed by atoms with Gasteiger partial charge in [0.1, 0.15) is 0 Å².